The van der Waals surface area contributed by atoms with E-state index in [4.69, 9.17) is 4.74 Å². The molecule has 2 fully saturated rings. The summed E-state index contributed by atoms with van der Waals surface area (Å²) in [6.07, 6.45) is 1.37. The zero-order chi connectivity index (χ0) is 15.7. The first-order chi connectivity index (χ1) is 10.5. The van der Waals surface area contributed by atoms with E-state index in [1.807, 2.05) is 4.90 Å². The second-order valence-corrected chi connectivity index (χ2v) is 6.01. The van der Waals surface area contributed by atoms with Gasteiger partial charge in [-0.15, -0.1) is 0 Å². The monoisotopic (exact) mass is 306 g/mol. The predicted octanol–water partition coefficient (Wildman–Crippen LogP) is 1.33. The van der Waals surface area contributed by atoms with E-state index in [1.54, 1.807) is 12.1 Å². The Bertz CT molecular complexity index is 593. The molecule has 118 valence electrons. The molecule has 0 bridgehead atoms. The molecule has 0 radical (unpaired) electrons. The third kappa shape index (κ3) is 3.21. The van der Waals surface area contributed by atoms with Crippen LogP contribution in [0.15, 0.2) is 24.3 Å². The van der Waals surface area contributed by atoms with E-state index in [1.165, 1.54) is 12.1 Å². The summed E-state index contributed by atoms with van der Waals surface area (Å²) in [5, 5.41) is 2.78. The molecule has 3 atom stereocenters. The normalized spacial score (nSPS) is 26.9. The number of carbonyl (C=O) groups is 2. The van der Waals surface area contributed by atoms with Crippen LogP contribution in [0.3, 0.4) is 0 Å². The van der Waals surface area contributed by atoms with Crippen molar-refractivity contribution in [2.75, 3.05) is 13.2 Å². The number of nitrogens with one attached hydrogen (secondary N) is 1. The van der Waals surface area contributed by atoms with Gasteiger partial charge in [0.25, 0.3) is 5.91 Å². The highest BCUT2D eigenvalue weighted by Gasteiger charge is 2.44. The van der Waals surface area contributed by atoms with Crippen molar-refractivity contribution in [2.45, 2.75) is 31.8 Å². The van der Waals surface area contributed by atoms with Crippen LogP contribution in [0.5, 0.6) is 5.75 Å². The van der Waals surface area contributed by atoms with Crippen molar-refractivity contribution in [1.82, 2.24) is 10.2 Å². The highest BCUT2D eigenvalue weighted by Crippen LogP contribution is 2.37. The summed E-state index contributed by atoms with van der Waals surface area (Å²) in [6, 6.07) is 6.09. The number of amides is 2. The van der Waals surface area contributed by atoms with Crippen molar-refractivity contribution in [2.24, 2.45) is 5.92 Å². The maximum absolute atomic E-state index is 13.4. The molecular weight excluding hydrogens is 287 g/mol. The van der Waals surface area contributed by atoms with E-state index in [-0.39, 0.29) is 30.2 Å². The number of para-hydroxylation sites is 1. The lowest BCUT2D eigenvalue weighted by Crippen LogP contribution is -2.40. The van der Waals surface area contributed by atoms with Crippen LogP contribution in [-0.2, 0) is 9.59 Å². The molecule has 1 aliphatic carbocycles. The number of ether oxygens (including phenoxy) is 1. The Morgan fingerprint density at radius 1 is 1.45 bits per heavy atom. The number of nitrogens with zero attached hydrogens (tertiary/aromatic N) is 1. The summed E-state index contributed by atoms with van der Waals surface area (Å²) >= 11 is 0. The smallest absolute Gasteiger partial charge is 0.258 e. The summed E-state index contributed by atoms with van der Waals surface area (Å²) in [6.45, 7) is 2.41. The molecule has 0 spiro atoms. The van der Waals surface area contributed by atoms with Gasteiger partial charge in [0.15, 0.2) is 18.2 Å². The minimum Gasteiger partial charge on any atom is -0.481 e. The molecule has 2 amide bonds. The fourth-order valence-electron chi connectivity index (χ4n) is 2.86. The van der Waals surface area contributed by atoms with Gasteiger partial charge in [0.1, 0.15) is 0 Å². The summed E-state index contributed by atoms with van der Waals surface area (Å²) < 4.78 is 18.5. The van der Waals surface area contributed by atoms with Crippen molar-refractivity contribution in [3.8, 4) is 5.75 Å². The third-order valence-corrected chi connectivity index (χ3v) is 4.19. The largest absolute Gasteiger partial charge is 0.481 e. The van der Waals surface area contributed by atoms with Crippen LogP contribution in [0.1, 0.15) is 19.8 Å². The van der Waals surface area contributed by atoms with E-state index in [9.17, 15) is 14.0 Å². The van der Waals surface area contributed by atoms with Crippen LogP contribution < -0.4 is 10.1 Å². The lowest BCUT2D eigenvalue weighted by molar-refractivity contribution is -0.128. The highest BCUT2D eigenvalue weighted by molar-refractivity contribution is 5.83. The standard InChI is InChI=1S/C16H19FN2O3/c1-10-6-13(10)19-8-11(7-16(19)21)18-15(20)9-22-14-5-3-2-4-12(14)17/h2-5,10-11,13H,6-9H2,1H3,(H,18,20)/t10-,11-,13+/m1/s1. The van der Waals surface area contributed by atoms with Crippen molar-refractivity contribution < 1.29 is 18.7 Å². The zero-order valence-electron chi connectivity index (χ0n) is 12.4. The molecule has 0 aromatic heterocycles. The molecule has 1 aliphatic heterocycles. The maximum atomic E-state index is 13.4. The van der Waals surface area contributed by atoms with Crippen molar-refractivity contribution in [3.63, 3.8) is 0 Å². The second kappa shape index (κ2) is 5.94. The van der Waals surface area contributed by atoms with Crippen LogP contribution in [0.25, 0.3) is 0 Å². The van der Waals surface area contributed by atoms with Gasteiger partial charge in [0.05, 0.1) is 6.04 Å². The number of likely N-dealkylation sites (tertiary alicyclic amines) is 1. The van der Waals surface area contributed by atoms with Gasteiger partial charge in [-0.3, -0.25) is 9.59 Å². The number of carbonyl (C=O) groups excluding carboxylic acids is 2. The lowest BCUT2D eigenvalue weighted by atomic mass is 10.2. The Morgan fingerprint density at radius 2 is 2.18 bits per heavy atom. The van der Waals surface area contributed by atoms with Crippen molar-refractivity contribution in [3.05, 3.63) is 30.1 Å². The molecule has 3 rings (SSSR count). The summed E-state index contributed by atoms with van der Waals surface area (Å²) in [5.74, 6) is -0.141. The molecule has 0 unspecified atom stereocenters. The molecule has 1 saturated carbocycles. The van der Waals surface area contributed by atoms with Crippen LogP contribution in [-0.4, -0.2) is 41.9 Å². The minimum atomic E-state index is -0.500. The minimum absolute atomic E-state index is 0.0496. The quantitative estimate of drug-likeness (QED) is 0.893. The van der Waals surface area contributed by atoms with E-state index in [0.717, 1.165) is 6.42 Å². The molecule has 6 heteroatoms. The Hall–Kier alpha value is -2.11. The van der Waals surface area contributed by atoms with Gasteiger partial charge in [-0.1, -0.05) is 19.1 Å². The van der Waals surface area contributed by atoms with Gasteiger partial charge < -0.3 is 15.0 Å². The SMILES string of the molecule is C[C@@H]1C[C@@H]1N1C[C@H](NC(=O)COc2ccccc2F)CC1=O. The first-order valence-corrected chi connectivity index (χ1v) is 7.50. The number of halogens is 1. The topological polar surface area (TPSA) is 58.6 Å². The van der Waals surface area contributed by atoms with Crippen LogP contribution >= 0.6 is 0 Å². The molecule has 5 nitrogen and oxygen atoms in total. The van der Waals surface area contributed by atoms with E-state index >= 15 is 0 Å². The fraction of sp³-hybridized carbons (Fsp3) is 0.500. The van der Waals surface area contributed by atoms with Gasteiger partial charge >= 0.3 is 0 Å². The van der Waals surface area contributed by atoms with E-state index in [0.29, 0.717) is 24.9 Å². The van der Waals surface area contributed by atoms with Gasteiger partial charge in [0, 0.05) is 19.0 Å². The average molecular weight is 306 g/mol. The van der Waals surface area contributed by atoms with Crippen LogP contribution in [0, 0.1) is 11.7 Å². The fourth-order valence-corrected chi connectivity index (χ4v) is 2.86. The van der Waals surface area contributed by atoms with Crippen molar-refractivity contribution >= 4 is 11.8 Å². The highest BCUT2D eigenvalue weighted by atomic mass is 19.1. The molecule has 22 heavy (non-hydrogen) atoms. The molecule has 1 heterocycles. The molecule has 1 aromatic carbocycles. The second-order valence-electron chi connectivity index (χ2n) is 6.01. The van der Waals surface area contributed by atoms with Crippen molar-refractivity contribution in [1.29, 1.82) is 0 Å². The average Bonchev–Trinajstić information content (AvgIpc) is 3.09. The van der Waals surface area contributed by atoms with Gasteiger partial charge in [-0.2, -0.15) is 0 Å². The summed E-state index contributed by atoms with van der Waals surface area (Å²) in [7, 11) is 0. The first kappa shape index (κ1) is 14.8. The van der Waals surface area contributed by atoms with Crippen LogP contribution in [0.2, 0.25) is 0 Å². The molecule has 2 aliphatic rings. The number of rotatable bonds is 5. The number of hydrogen-bond acceptors (Lipinski definition) is 3. The third-order valence-electron chi connectivity index (χ3n) is 4.19. The molecule has 1 saturated heterocycles. The number of hydrogen-bond donors (Lipinski definition) is 1. The first-order valence-electron chi connectivity index (χ1n) is 7.50. The Morgan fingerprint density at radius 3 is 2.86 bits per heavy atom. The zero-order valence-corrected chi connectivity index (χ0v) is 12.4. The summed E-state index contributed by atoms with van der Waals surface area (Å²) in [4.78, 5) is 25.6. The van der Waals surface area contributed by atoms with E-state index in [2.05, 4.69) is 12.2 Å². The number of benzene rings is 1. The summed E-state index contributed by atoms with van der Waals surface area (Å²) in [5.41, 5.74) is 0. The maximum Gasteiger partial charge on any atom is 0.258 e. The van der Waals surface area contributed by atoms with E-state index < -0.39 is 5.82 Å². The Labute approximate surface area is 128 Å². The van der Waals surface area contributed by atoms with Gasteiger partial charge in [0.2, 0.25) is 5.91 Å². The van der Waals surface area contributed by atoms with Gasteiger partial charge in [-0.05, 0) is 24.5 Å². The molecule has 1 aromatic rings. The van der Waals surface area contributed by atoms with Gasteiger partial charge in [-0.25, -0.2) is 4.39 Å². The Kier molecular flexibility index (Phi) is 4.00. The lowest BCUT2D eigenvalue weighted by Gasteiger charge is -2.17. The van der Waals surface area contributed by atoms with Crippen LogP contribution in [0.4, 0.5) is 4.39 Å². The predicted molar refractivity (Wildman–Crippen MR) is 77.7 cm³/mol. The molecular formula is C16H19FN2O3. The Balaban J connectivity index is 1.46. The molecule has 1 N–H and O–H groups in total.